The first kappa shape index (κ1) is 14.0. The number of nitrogens with one attached hydrogen (secondary N) is 1. The molecular formula is C14H20N2O3. The highest BCUT2D eigenvalue weighted by Gasteiger charge is 2.21. The summed E-state index contributed by atoms with van der Waals surface area (Å²) >= 11 is 0. The molecule has 1 unspecified atom stereocenters. The molecule has 0 saturated carbocycles. The Morgan fingerprint density at radius 3 is 2.89 bits per heavy atom. The molecule has 0 bridgehead atoms. The quantitative estimate of drug-likeness (QED) is 0.837. The van der Waals surface area contributed by atoms with Crippen LogP contribution in [-0.4, -0.2) is 54.9 Å². The summed E-state index contributed by atoms with van der Waals surface area (Å²) in [5.74, 6) is -0.0394. The number of carbonyl (C=O) groups excluding carboxylic acids is 1. The van der Waals surface area contributed by atoms with Crippen LogP contribution in [0.2, 0.25) is 0 Å². The van der Waals surface area contributed by atoms with E-state index in [0.717, 1.165) is 17.8 Å². The van der Waals surface area contributed by atoms with Crippen molar-refractivity contribution in [2.45, 2.75) is 13.0 Å². The van der Waals surface area contributed by atoms with Crippen LogP contribution in [-0.2, 0) is 9.53 Å². The van der Waals surface area contributed by atoms with Crippen molar-refractivity contribution < 1.29 is 14.6 Å². The molecule has 0 aliphatic carbocycles. The highest BCUT2D eigenvalue weighted by atomic mass is 16.5. The lowest BCUT2D eigenvalue weighted by Gasteiger charge is -2.31. The van der Waals surface area contributed by atoms with Crippen molar-refractivity contribution >= 4 is 11.6 Å². The van der Waals surface area contributed by atoms with Crippen LogP contribution in [0.3, 0.4) is 0 Å². The van der Waals surface area contributed by atoms with Gasteiger partial charge < -0.3 is 15.2 Å². The van der Waals surface area contributed by atoms with Crippen molar-refractivity contribution in [2.24, 2.45) is 0 Å². The van der Waals surface area contributed by atoms with Crippen LogP contribution in [0.25, 0.3) is 0 Å². The molecule has 0 spiro atoms. The van der Waals surface area contributed by atoms with Gasteiger partial charge in [0.25, 0.3) is 0 Å². The molecule has 0 radical (unpaired) electrons. The number of aliphatic hydroxyl groups is 1. The van der Waals surface area contributed by atoms with E-state index in [1.54, 1.807) is 0 Å². The number of nitrogens with zero attached hydrogens (tertiary/aromatic N) is 1. The van der Waals surface area contributed by atoms with Crippen LogP contribution in [0.1, 0.15) is 5.56 Å². The summed E-state index contributed by atoms with van der Waals surface area (Å²) in [6, 6.07) is 7.71. The Morgan fingerprint density at radius 2 is 2.21 bits per heavy atom. The monoisotopic (exact) mass is 264 g/mol. The van der Waals surface area contributed by atoms with Gasteiger partial charge in [-0.1, -0.05) is 17.7 Å². The molecule has 1 heterocycles. The van der Waals surface area contributed by atoms with Crippen LogP contribution in [0.4, 0.5) is 5.69 Å². The van der Waals surface area contributed by atoms with E-state index in [-0.39, 0.29) is 18.6 Å². The Kier molecular flexibility index (Phi) is 4.90. The van der Waals surface area contributed by atoms with Crippen LogP contribution in [0, 0.1) is 6.92 Å². The van der Waals surface area contributed by atoms with Crippen molar-refractivity contribution in [2.75, 3.05) is 38.2 Å². The van der Waals surface area contributed by atoms with Gasteiger partial charge in [-0.25, -0.2) is 0 Å². The molecule has 1 amide bonds. The molecule has 0 aromatic heterocycles. The van der Waals surface area contributed by atoms with Gasteiger partial charge in [0.15, 0.2) is 0 Å². The number of ether oxygens (including phenoxy) is 1. The fourth-order valence-electron chi connectivity index (χ4n) is 2.07. The normalized spacial score (nSPS) is 20.2. The van der Waals surface area contributed by atoms with E-state index in [1.165, 1.54) is 0 Å². The fourth-order valence-corrected chi connectivity index (χ4v) is 2.07. The summed E-state index contributed by atoms with van der Waals surface area (Å²) in [5, 5.41) is 11.9. The third-order valence-corrected chi connectivity index (χ3v) is 3.13. The molecule has 19 heavy (non-hydrogen) atoms. The second-order valence-corrected chi connectivity index (χ2v) is 4.82. The number of amides is 1. The van der Waals surface area contributed by atoms with Gasteiger partial charge in [-0.15, -0.1) is 0 Å². The Balaban J connectivity index is 1.82. The molecular weight excluding hydrogens is 244 g/mol. The maximum Gasteiger partial charge on any atom is 0.238 e. The molecule has 2 N–H and O–H groups in total. The molecule has 1 aromatic rings. The first-order valence-corrected chi connectivity index (χ1v) is 6.48. The van der Waals surface area contributed by atoms with Crippen LogP contribution >= 0.6 is 0 Å². The maximum absolute atomic E-state index is 11.9. The number of benzene rings is 1. The largest absolute Gasteiger partial charge is 0.394 e. The average Bonchev–Trinajstić information content (AvgIpc) is 2.41. The minimum absolute atomic E-state index is 0.00389. The highest BCUT2D eigenvalue weighted by molar-refractivity contribution is 5.92. The molecule has 1 atom stereocenters. The Morgan fingerprint density at radius 1 is 1.47 bits per heavy atom. The van der Waals surface area contributed by atoms with Crippen molar-refractivity contribution in [3.05, 3.63) is 29.8 Å². The summed E-state index contributed by atoms with van der Waals surface area (Å²) in [5.41, 5.74) is 1.97. The third kappa shape index (κ3) is 4.31. The zero-order chi connectivity index (χ0) is 13.7. The lowest BCUT2D eigenvalue weighted by Crippen LogP contribution is -2.46. The van der Waals surface area contributed by atoms with Crippen LogP contribution in [0.5, 0.6) is 0 Å². The zero-order valence-corrected chi connectivity index (χ0v) is 11.1. The van der Waals surface area contributed by atoms with Crippen molar-refractivity contribution in [3.63, 3.8) is 0 Å². The van der Waals surface area contributed by atoms with Gasteiger partial charge >= 0.3 is 0 Å². The predicted molar refractivity (Wildman–Crippen MR) is 73.1 cm³/mol. The number of hydrogen-bond acceptors (Lipinski definition) is 4. The van der Waals surface area contributed by atoms with Crippen molar-refractivity contribution in [3.8, 4) is 0 Å². The predicted octanol–water partition coefficient (Wildman–Crippen LogP) is 0.627. The van der Waals surface area contributed by atoms with Crippen molar-refractivity contribution in [1.29, 1.82) is 0 Å². The number of carbonyl (C=O) groups is 1. The van der Waals surface area contributed by atoms with Gasteiger partial charge in [-0.05, 0) is 19.1 Å². The average molecular weight is 264 g/mol. The van der Waals surface area contributed by atoms with E-state index in [1.807, 2.05) is 36.1 Å². The van der Waals surface area contributed by atoms with E-state index in [2.05, 4.69) is 5.32 Å². The Bertz CT molecular complexity index is 419. The van der Waals surface area contributed by atoms with Crippen molar-refractivity contribution in [1.82, 2.24) is 4.90 Å². The smallest absolute Gasteiger partial charge is 0.238 e. The highest BCUT2D eigenvalue weighted by Crippen LogP contribution is 2.09. The van der Waals surface area contributed by atoms with Crippen LogP contribution < -0.4 is 5.32 Å². The van der Waals surface area contributed by atoms with Crippen LogP contribution in [0.15, 0.2) is 24.3 Å². The summed E-state index contributed by atoms with van der Waals surface area (Å²) in [7, 11) is 0. The summed E-state index contributed by atoms with van der Waals surface area (Å²) in [6.07, 6.45) is -0.180. The van der Waals surface area contributed by atoms with E-state index >= 15 is 0 Å². The molecule has 2 rings (SSSR count). The molecule has 1 saturated heterocycles. The van der Waals surface area contributed by atoms with Gasteiger partial charge in [-0.2, -0.15) is 0 Å². The first-order chi connectivity index (χ1) is 9.17. The number of rotatable bonds is 4. The minimum atomic E-state index is -0.180. The molecule has 5 nitrogen and oxygen atoms in total. The third-order valence-electron chi connectivity index (χ3n) is 3.13. The Hall–Kier alpha value is -1.43. The molecule has 1 aliphatic heterocycles. The van der Waals surface area contributed by atoms with E-state index in [4.69, 9.17) is 9.84 Å². The topological polar surface area (TPSA) is 61.8 Å². The molecule has 104 valence electrons. The van der Waals surface area contributed by atoms with Gasteiger partial charge in [0, 0.05) is 18.8 Å². The molecule has 1 fully saturated rings. The maximum atomic E-state index is 11.9. The SMILES string of the molecule is Cc1ccc(NC(=O)CN2CCOC(CO)C2)cc1. The summed E-state index contributed by atoms with van der Waals surface area (Å²) in [4.78, 5) is 13.9. The van der Waals surface area contributed by atoms with Gasteiger partial charge in [-0.3, -0.25) is 9.69 Å². The number of anilines is 1. The molecule has 1 aromatic carbocycles. The van der Waals surface area contributed by atoms with Gasteiger partial charge in [0.1, 0.15) is 0 Å². The summed E-state index contributed by atoms with van der Waals surface area (Å²) < 4.78 is 5.35. The standard InChI is InChI=1S/C14H20N2O3/c1-11-2-4-12(5-3-11)15-14(18)9-16-6-7-19-13(8-16)10-17/h2-5,13,17H,6-10H2,1H3,(H,15,18). The van der Waals surface area contributed by atoms with E-state index in [9.17, 15) is 4.79 Å². The lowest BCUT2D eigenvalue weighted by atomic mass is 10.2. The number of hydrogen-bond donors (Lipinski definition) is 2. The molecule has 1 aliphatic rings. The molecule has 5 heteroatoms. The Labute approximate surface area is 113 Å². The second-order valence-electron chi connectivity index (χ2n) is 4.82. The van der Waals surface area contributed by atoms with Gasteiger partial charge in [0.2, 0.25) is 5.91 Å². The number of morpholine rings is 1. The first-order valence-electron chi connectivity index (χ1n) is 6.48. The fraction of sp³-hybridized carbons (Fsp3) is 0.500. The lowest BCUT2D eigenvalue weighted by molar-refractivity contribution is -0.120. The van der Waals surface area contributed by atoms with Gasteiger partial charge in [0.05, 0.1) is 25.9 Å². The zero-order valence-electron chi connectivity index (χ0n) is 11.1. The number of aryl methyl sites for hydroxylation is 1. The second kappa shape index (κ2) is 6.65. The van der Waals surface area contributed by atoms with E-state index < -0.39 is 0 Å². The van der Waals surface area contributed by atoms with E-state index in [0.29, 0.717) is 19.7 Å². The summed E-state index contributed by atoms with van der Waals surface area (Å²) in [6.45, 7) is 4.21. The number of aliphatic hydroxyl groups excluding tert-OH is 1. The minimum Gasteiger partial charge on any atom is -0.394 e.